The average Bonchev–Trinajstić information content (AvgIpc) is 3.29. The van der Waals surface area contributed by atoms with Gasteiger partial charge in [0.1, 0.15) is 11.9 Å². The first-order valence-electron chi connectivity index (χ1n) is 9.70. The summed E-state index contributed by atoms with van der Waals surface area (Å²) in [5, 5.41) is 6.95. The SMILES string of the molecule is Cc1ccc(F)cc1-c1ccc2nc(NC(=O)C[C@H]3OC(=O)c4ccccc43)nn2c1. The summed E-state index contributed by atoms with van der Waals surface area (Å²) in [5.74, 6) is -0.983. The lowest BCUT2D eigenvalue weighted by molar-refractivity contribution is -0.118. The highest BCUT2D eigenvalue weighted by molar-refractivity contribution is 5.96. The smallest absolute Gasteiger partial charge is 0.339 e. The van der Waals surface area contributed by atoms with Crippen molar-refractivity contribution in [2.75, 3.05) is 5.32 Å². The van der Waals surface area contributed by atoms with Crippen LogP contribution in [-0.2, 0) is 9.53 Å². The molecule has 0 fully saturated rings. The van der Waals surface area contributed by atoms with Crippen LogP contribution in [0.1, 0.15) is 34.0 Å². The van der Waals surface area contributed by atoms with Crippen LogP contribution >= 0.6 is 0 Å². The number of aryl methyl sites for hydroxylation is 1. The van der Waals surface area contributed by atoms with Crippen LogP contribution in [0, 0.1) is 12.7 Å². The van der Waals surface area contributed by atoms with Gasteiger partial charge in [-0.15, -0.1) is 5.10 Å². The second-order valence-electron chi connectivity index (χ2n) is 7.35. The van der Waals surface area contributed by atoms with Crippen LogP contribution in [0.25, 0.3) is 16.8 Å². The van der Waals surface area contributed by atoms with Crippen molar-refractivity contribution in [1.82, 2.24) is 14.6 Å². The number of hydrogen-bond acceptors (Lipinski definition) is 5. The summed E-state index contributed by atoms with van der Waals surface area (Å²) in [6.45, 7) is 1.90. The summed E-state index contributed by atoms with van der Waals surface area (Å²) in [5.41, 5.74) is 4.17. The number of cyclic esters (lactones) is 1. The van der Waals surface area contributed by atoms with Crippen molar-refractivity contribution in [3.63, 3.8) is 0 Å². The van der Waals surface area contributed by atoms with E-state index in [0.717, 1.165) is 16.7 Å². The van der Waals surface area contributed by atoms with E-state index < -0.39 is 12.1 Å². The van der Waals surface area contributed by atoms with Crippen LogP contribution in [0.5, 0.6) is 0 Å². The molecule has 0 bridgehead atoms. The number of ether oxygens (including phenoxy) is 1. The number of benzene rings is 2. The molecule has 0 radical (unpaired) electrons. The molecule has 3 heterocycles. The molecule has 8 heteroatoms. The molecule has 5 rings (SSSR count). The highest BCUT2D eigenvalue weighted by atomic mass is 19.1. The van der Waals surface area contributed by atoms with Gasteiger partial charge in [0.2, 0.25) is 11.9 Å². The van der Waals surface area contributed by atoms with Gasteiger partial charge >= 0.3 is 5.97 Å². The third-order valence-electron chi connectivity index (χ3n) is 5.24. The molecule has 7 nitrogen and oxygen atoms in total. The topological polar surface area (TPSA) is 85.6 Å². The van der Waals surface area contributed by atoms with Crippen LogP contribution in [-0.4, -0.2) is 26.5 Å². The van der Waals surface area contributed by atoms with Gasteiger partial charge < -0.3 is 4.74 Å². The molecule has 2 aromatic carbocycles. The first kappa shape index (κ1) is 18.9. The highest BCUT2D eigenvalue weighted by Gasteiger charge is 2.32. The predicted molar refractivity (Wildman–Crippen MR) is 111 cm³/mol. The predicted octanol–water partition coefficient (Wildman–Crippen LogP) is 4.08. The zero-order chi connectivity index (χ0) is 21.5. The van der Waals surface area contributed by atoms with Crippen molar-refractivity contribution < 1.29 is 18.7 Å². The molecule has 1 amide bonds. The Labute approximate surface area is 176 Å². The molecule has 31 heavy (non-hydrogen) atoms. The van der Waals surface area contributed by atoms with E-state index in [0.29, 0.717) is 16.8 Å². The van der Waals surface area contributed by atoms with Crippen LogP contribution in [0.4, 0.5) is 10.3 Å². The Kier molecular flexibility index (Phi) is 4.47. The van der Waals surface area contributed by atoms with Gasteiger partial charge in [-0.1, -0.05) is 24.3 Å². The maximum Gasteiger partial charge on any atom is 0.339 e. The first-order valence-corrected chi connectivity index (χ1v) is 9.70. The number of halogens is 1. The van der Waals surface area contributed by atoms with Crippen LogP contribution in [0.2, 0.25) is 0 Å². The number of hydrogen-bond donors (Lipinski definition) is 1. The third kappa shape index (κ3) is 3.52. The number of nitrogens with zero attached hydrogens (tertiary/aromatic N) is 3. The molecule has 1 aliphatic rings. The molecule has 4 aromatic rings. The third-order valence-corrected chi connectivity index (χ3v) is 5.24. The number of esters is 1. The molecule has 0 saturated heterocycles. The fourth-order valence-corrected chi connectivity index (χ4v) is 3.72. The molecule has 154 valence electrons. The van der Waals surface area contributed by atoms with Crippen LogP contribution < -0.4 is 5.32 Å². The fraction of sp³-hybridized carbons (Fsp3) is 0.130. The van der Waals surface area contributed by atoms with E-state index in [1.165, 1.54) is 16.6 Å². The van der Waals surface area contributed by atoms with E-state index >= 15 is 0 Å². The minimum absolute atomic E-state index is 0.0357. The van der Waals surface area contributed by atoms with Crippen molar-refractivity contribution in [1.29, 1.82) is 0 Å². The summed E-state index contributed by atoms with van der Waals surface area (Å²) < 4.78 is 20.5. The largest absolute Gasteiger partial charge is 0.453 e. The molecule has 0 saturated carbocycles. The molecule has 1 N–H and O–H groups in total. The Hall–Kier alpha value is -4.07. The quantitative estimate of drug-likeness (QED) is 0.507. The lowest BCUT2D eigenvalue weighted by Gasteiger charge is -2.09. The molecule has 0 spiro atoms. The van der Waals surface area contributed by atoms with E-state index in [1.54, 1.807) is 42.6 Å². The van der Waals surface area contributed by atoms with Crippen molar-refractivity contribution >= 4 is 23.5 Å². The Balaban J connectivity index is 1.35. The lowest BCUT2D eigenvalue weighted by Crippen LogP contribution is -2.16. The fourth-order valence-electron chi connectivity index (χ4n) is 3.72. The second-order valence-corrected chi connectivity index (χ2v) is 7.35. The van der Waals surface area contributed by atoms with Gasteiger partial charge in [0.15, 0.2) is 5.65 Å². The molecule has 1 aliphatic heterocycles. The average molecular weight is 416 g/mol. The zero-order valence-corrected chi connectivity index (χ0v) is 16.5. The van der Waals surface area contributed by atoms with Gasteiger partial charge in [-0.3, -0.25) is 10.1 Å². The Morgan fingerprint density at radius 1 is 1.16 bits per heavy atom. The number of carbonyl (C=O) groups excluding carboxylic acids is 2. The first-order chi connectivity index (χ1) is 15.0. The molecule has 2 aromatic heterocycles. The normalized spacial score (nSPS) is 15.0. The van der Waals surface area contributed by atoms with E-state index in [4.69, 9.17) is 4.74 Å². The monoisotopic (exact) mass is 416 g/mol. The van der Waals surface area contributed by atoms with Gasteiger partial charge in [-0.05, 0) is 48.4 Å². The maximum atomic E-state index is 13.7. The summed E-state index contributed by atoms with van der Waals surface area (Å²) in [6, 6.07) is 15.2. The number of nitrogens with one attached hydrogen (secondary N) is 1. The van der Waals surface area contributed by atoms with E-state index in [2.05, 4.69) is 15.4 Å². The van der Waals surface area contributed by atoms with Crippen molar-refractivity contribution in [2.45, 2.75) is 19.4 Å². The van der Waals surface area contributed by atoms with Gasteiger partial charge in [0.05, 0.1) is 12.0 Å². The van der Waals surface area contributed by atoms with Crippen molar-refractivity contribution in [2.24, 2.45) is 0 Å². The number of fused-ring (bicyclic) bond motifs is 2. The van der Waals surface area contributed by atoms with Gasteiger partial charge in [-0.2, -0.15) is 4.98 Å². The molecule has 0 aliphatic carbocycles. The maximum absolute atomic E-state index is 13.7. The minimum Gasteiger partial charge on any atom is -0.453 e. The standard InChI is InChI=1S/C23H17FN4O3/c1-13-6-8-15(24)10-18(13)14-7-9-20-25-23(27-28(20)12-14)26-21(29)11-19-16-4-2-3-5-17(16)22(30)31-19/h2-10,12,19H,11H2,1H3,(H,26,27,29)/t19-/m1/s1. The van der Waals surface area contributed by atoms with Gasteiger partial charge in [0, 0.05) is 17.3 Å². The van der Waals surface area contributed by atoms with Crippen LogP contribution in [0.15, 0.2) is 60.8 Å². The second kappa shape index (κ2) is 7.32. The molecule has 1 atom stereocenters. The minimum atomic E-state index is -0.636. The van der Waals surface area contributed by atoms with Crippen LogP contribution in [0.3, 0.4) is 0 Å². The Morgan fingerprint density at radius 3 is 2.87 bits per heavy atom. The summed E-state index contributed by atoms with van der Waals surface area (Å²) in [6.07, 6.45) is 1.06. The number of pyridine rings is 1. The van der Waals surface area contributed by atoms with Gasteiger partial charge in [0.25, 0.3) is 0 Å². The molecular formula is C23H17FN4O3. The Morgan fingerprint density at radius 2 is 2.00 bits per heavy atom. The number of aromatic nitrogens is 3. The summed E-state index contributed by atoms with van der Waals surface area (Å²) >= 11 is 0. The number of amides is 1. The summed E-state index contributed by atoms with van der Waals surface area (Å²) in [4.78, 5) is 28.7. The van der Waals surface area contributed by atoms with E-state index in [9.17, 15) is 14.0 Å². The number of rotatable bonds is 4. The zero-order valence-electron chi connectivity index (χ0n) is 16.5. The van der Waals surface area contributed by atoms with Crippen molar-refractivity contribution in [3.8, 4) is 11.1 Å². The highest BCUT2D eigenvalue weighted by Crippen LogP contribution is 2.33. The van der Waals surface area contributed by atoms with Crippen molar-refractivity contribution in [3.05, 3.63) is 83.3 Å². The number of carbonyl (C=O) groups is 2. The van der Waals surface area contributed by atoms with E-state index in [1.807, 2.05) is 13.0 Å². The number of anilines is 1. The lowest BCUT2D eigenvalue weighted by atomic mass is 10.0. The van der Waals surface area contributed by atoms with E-state index in [-0.39, 0.29) is 24.1 Å². The molecular weight excluding hydrogens is 399 g/mol. The molecule has 0 unspecified atom stereocenters. The van der Waals surface area contributed by atoms with Gasteiger partial charge in [-0.25, -0.2) is 13.7 Å². The Bertz CT molecular complexity index is 1350. The summed E-state index contributed by atoms with van der Waals surface area (Å²) in [7, 11) is 0.